The molecule has 0 saturated heterocycles. The molecule has 102 valence electrons. The Labute approximate surface area is 114 Å². The lowest BCUT2D eigenvalue weighted by molar-refractivity contribution is 0.195. The Balaban J connectivity index is 2.30. The topological polar surface area (TPSA) is 51.1 Å². The number of rotatable bonds is 7. The average Bonchev–Trinajstić information content (AvgIpc) is 2.83. The number of hydrogen-bond donors (Lipinski definition) is 2. The molecule has 1 unspecified atom stereocenters. The van der Waals surface area contributed by atoms with Gasteiger partial charge in [-0.3, -0.25) is 4.68 Å². The standard InChI is InChI=1S/C12H22N4OS/c1-4-16-8-6-11(15-16)10(2)14-12(18)13-7-5-9-17-3/h6,8,10H,4-5,7,9H2,1-3H3,(H2,13,14,18). The van der Waals surface area contributed by atoms with E-state index in [0.717, 1.165) is 31.8 Å². The van der Waals surface area contributed by atoms with E-state index in [2.05, 4.69) is 22.7 Å². The lowest BCUT2D eigenvalue weighted by Crippen LogP contribution is -2.37. The summed E-state index contributed by atoms with van der Waals surface area (Å²) in [6.07, 6.45) is 2.92. The van der Waals surface area contributed by atoms with Crippen LogP contribution in [0.2, 0.25) is 0 Å². The smallest absolute Gasteiger partial charge is 0.166 e. The molecule has 0 aliphatic rings. The second kappa shape index (κ2) is 8.05. The van der Waals surface area contributed by atoms with Crippen LogP contribution in [0, 0.1) is 0 Å². The average molecular weight is 270 g/mol. The van der Waals surface area contributed by atoms with Crippen LogP contribution >= 0.6 is 12.2 Å². The van der Waals surface area contributed by atoms with Crippen LogP contribution < -0.4 is 10.6 Å². The quantitative estimate of drug-likeness (QED) is 0.580. The molecular weight excluding hydrogens is 248 g/mol. The van der Waals surface area contributed by atoms with Crippen LogP contribution in [0.3, 0.4) is 0 Å². The van der Waals surface area contributed by atoms with Crippen molar-refractivity contribution in [3.05, 3.63) is 18.0 Å². The molecule has 0 bridgehead atoms. The third-order valence-corrected chi connectivity index (χ3v) is 2.85. The molecule has 1 atom stereocenters. The van der Waals surface area contributed by atoms with Crippen LogP contribution in [-0.2, 0) is 11.3 Å². The van der Waals surface area contributed by atoms with Gasteiger partial charge in [-0.25, -0.2) is 0 Å². The molecule has 0 spiro atoms. The van der Waals surface area contributed by atoms with Crippen LogP contribution in [-0.4, -0.2) is 35.2 Å². The zero-order chi connectivity index (χ0) is 13.4. The summed E-state index contributed by atoms with van der Waals surface area (Å²) >= 11 is 5.22. The minimum Gasteiger partial charge on any atom is -0.385 e. The molecule has 0 fully saturated rings. The van der Waals surface area contributed by atoms with E-state index >= 15 is 0 Å². The summed E-state index contributed by atoms with van der Waals surface area (Å²) in [6, 6.07) is 2.12. The van der Waals surface area contributed by atoms with Gasteiger partial charge in [0.25, 0.3) is 0 Å². The number of nitrogens with one attached hydrogen (secondary N) is 2. The molecule has 6 heteroatoms. The Morgan fingerprint density at radius 3 is 3.00 bits per heavy atom. The van der Waals surface area contributed by atoms with Gasteiger partial charge in [0.1, 0.15) is 0 Å². The Morgan fingerprint density at radius 2 is 2.39 bits per heavy atom. The number of aryl methyl sites for hydroxylation is 1. The number of aromatic nitrogens is 2. The molecule has 5 nitrogen and oxygen atoms in total. The normalized spacial score (nSPS) is 12.2. The maximum absolute atomic E-state index is 5.22. The van der Waals surface area contributed by atoms with E-state index in [1.54, 1.807) is 7.11 Å². The van der Waals surface area contributed by atoms with Gasteiger partial charge in [0, 0.05) is 33.0 Å². The number of thiocarbonyl (C=S) groups is 1. The minimum atomic E-state index is 0.111. The first-order valence-corrected chi connectivity index (χ1v) is 6.64. The van der Waals surface area contributed by atoms with Crippen LogP contribution in [0.4, 0.5) is 0 Å². The highest BCUT2D eigenvalue weighted by molar-refractivity contribution is 7.80. The summed E-state index contributed by atoms with van der Waals surface area (Å²) < 4.78 is 6.88. The van der Waals surface area contributed by atoms with Crippen molar-refractivity contribution in [3.63, 3.8) is 0 Å². The molecule has 0 aliphatic heterocycles. The third kappa shape index (κ3) is 5.01. The highest BCUT2D eigenvalue weighted by Gasteiger charge is 2.09. The van der Waals surface area contributed by atoms with Crippen molar-refractivity contribution in [2.75, 3.05) is 20.3 Å². The van der Waals surface area contributed by atoms with Crippen LogP contribution in [0.15, 0.2) is 12.3 Å². The van der Waals surface area contributed by atoms with Gasteiger partial charge in [-0.05, 0) is 38.6 Å². The summed E-state index contributed by atoms with van der Waals surface area (Å²) in [5, 5.41) is 11.5. The zero-order valence-electron chi connectivity index (χ0n) is 11.3. The molecule has 1 rings (SSSR count). The van der Waals surface area contributed by atoms with E-state index < -0.39 is 0 Å². The molecule has 0 aromatic carbocycles. The fourth-order valence-corrected chi connectivity index (χ4v) is 1.80. The van der Waals surface area contributed by atoms with Crippen molar-refractivity contribution in [2.45, 2.75) is 32.9 Å². The van der Waals surface area contributed by atoms with Crippen molar-refractivity contribution < 1.29 is 4.74 Å². The van der Waals surface area contributed by atoms with Gasteiger partial charge < -0.3 is 15.4 Å². The molecule has 0 aliphatic carbocycles. The van der Waals surface area contributed by atoms with E-state index in [1.165, 1.54) is 0 Å². The fourth-order valence-electron chi connectivity index (χ4n) is 1.52. The Kier molecular flexibility index (Phi) is 6.67. The molecule has 0 amide bonds. The van der Waals surface area contributed by atoms with E-state index in [1.807, 2.05) is 23.9 Å². The molecular formula is C12H22N4OS. The number of methoxy groups -OCH3 is 1. The molecule has 18 heavy (non-hydrogen) atoms. The molecule has 2 N–H and O–H groups in total. The molecule has 0 saturated carbocycles. The van der Waals surface area contributed by atoms with Gasteiger partial charge in [0.05, 0.1) is 11.7 Å². The van der Waals surface area contributed by atoms with Crippen molar-refractivity contribution in [1.29, 1.82) is 0 Å². The largest absolute Gasteiger partial charge is 0.385 e. The molecule has 1 aromatic rings. The predicted molar refractivity (Wildman–Crippen MR) is 76.5 cm³/mol. The first kappa shape index (κ1) is 14.9. The third-order valence-electron chi connectivity index (χ3n) is 2.59. The van der Waals surface area contributed by atoms with Gasteiger partial charge in [0.2, 0.25) is 0 Å². The highest BCUT2D eigenvalue weighted by atomic mass is 32.1. The first-order valence-electron chi connectivity index (χ1n) is 6.24. The van der Waals surface area contributed by atoms with Crippen molar-refractivity contribution in [3.8, 4) is 0 Å². The first-order chi connectivity index (χ1) is 8.67. The van der Waals surface area contributed by atoms with E-state index in [4.69, 9.17) is 17.0 Å². The minimum absolute atomic E-state index is 0.111. The van der Waals surface area contributed by atoms with Gasteiger partial charge in [-0.2, -0.15) is 5.10 Å². The zero-order valence-corrected chi connectivity index (χ0v) is 12.1. The van der Waals surface area contributed by atoms with Crippen molar-refractivity contribution in [2.24, 2.45) is 0 Å². The Morgan fingerprint density at radius 1 is 1.61 bits per heavy atom. The maximum Gasteiger partial charge on any atom is 0.166 e. The number of ether oxygens (including phenoxy) is 1. The van der Waals surface area contributed by atoms with Crippen molar-refractivity contribution >= 4 is 17.3 Å². The van der Waals surface area contributed by atoms with Gasteiger partial charge in [-0.1, -0.05) is 0 Å². The maximum atomic E-state index is 5.22. The molecule has 1 aromatic heterocycles. The van der Waals surface area contributed by atoms with Crippen molar-refractivity contribution in [1.82, 2.24) is 20.4 Å². The highest BCUT2D eigenvalue weighted by Crippen LogP contribution is 2.08. The monoisotopic (exact) mass is 270 g/mol. The van der Waals surface area contributed by atoms with E-state index in [9.17, 15) is 0 Å². The second-order valence-corrected chi connectivity index (χ2v) is 4.47. The lowest BCUT2D eigenvalue weighted by atomic mass is 10.2. The lowest BCUT2D eigenvalue weighted by Gasteiger charge is -2.15. The van der Waals surface area contributed by atoms with E-state index in [0.29, 0.717) is 5.11 Å². The summed E-state index contributed by atoms with van der Waals surface area (Å²) in [6.45, 7) is 6.55. The second-order valence-electron chi connectivity index (χ2n) is 4.06. The molecule has 1 heterocycles. The predicted octanol–water partition coefficient (Wildman–Crippen LogP) is 1.46. The van der Waals surface area contributed by atoms with E-state index in [-0.39, 0.29) is 6.04 Å². The van der Waals surface area contributed by atoms with Crippen LogP contribution in [0.25, 0.3) is 0 Å². The Hall–Kier alpha value is -1.14. The summed E-state index contributed by atoms with van der Waals surface area (Å²) in [4.78, 5) is 0. The van der Waals surface area contributed by atoms with Gasteiger partial charge in [0.15, 0.2) is 5.11 Å². The van der Waals surface area contributed by atoms with Gasteiger partial charge in [-0.15, -0.1) is 0 Å². The number of hydrogen-bond acceptors (Lipinski definition) is 3. The Bertz CT molecular complexity index is 367. The van der Waals surface area contributed by atoms with Gasteiger partial charge >= 0.3 is 0 Å². The number of nitrogens with zero attached hydrogens (tertiary/aromatic N) is 2. The van der Waals surface area contributed by atoms with Crippen LogP contribution in [0.5, 0.6) is 0 Å². The molecule has 0 radical (unpaired) electrons. The SMILES string of the molecule is CCn1ccc(C(C)NC(=S)NCCCOC)n1. The summed E-state index contributed by atoms with van der Waals surface area (Å²) in [5.74, 6) is 0. The summed E-state index contributed by atoms with van der Waals surface area (Å²) in [5.41, 5.74) is 0.998. The van der Waals surface area contributed by atoms with Crippen LogP contribution in [0.1, 0.15) is 32.0 Å². The fraction of sp³-hybridized carbons (Fsp3) is 0.667. The summed E-state index contributed by atoms with van der Waals surface area (Å²) in [7, 11) is 1.70.